The highest BCUT2D eigenvalue weighted by Gasteiger charge is 2.33. The number of alkyl halides is 3. The van der Waals surface area contributed by atoms with Crippen LogP contribution in [0.1, 0.15) is 18.9 Å². The van der Waals surface area contributed by atoms with Crippen molar-refractivity contribution in [1.29, 1.82) is 0 Å². The number of anilines is 1. The summed E-state index contributed by atoms with van der Waals surface area (Å²) in [6, 6.07) is 4.06. The molecule has 0 amide bonds. The number of hydrogen-bond acceptors (Lipinski definition) is 3. The van der Waals surface area contributed by atoms with Crippen LogP contribution in [0.15, 0.2) is 58.0 Å². The van der Waals surface area contributed by atoms with Gasteiger partial charge in [0.05, 0.1) is 16.9 Å². The molecule has 3 rings (SSSR count). The van der Waals surface area contributed by atoms with Crippen molar-refractivity contribution in [2.45, 2.75) is 24.4 Å². The van der Waals surface area contributed by atoms with Crippen LogP contribution in [0, 0.1) is 5.92 Å². The zero-order valence-corrected chi connectivity index (χ0v) is 16.0. The van der Waals surface area contributed by atoms with Crippen LogP contribution in [0.2, 0.25) is 0 Å². The first-order chi connectivity index (χ1) is 12.3. The Morgan fingerprint density at radius 3 is 2.62 bits per heavy atom. The molecule has 0 fully saturated rings. The van der Waals surface area contributed by atoms with Crippen molar-refractivity contribution in [2.75, 3.05) is 32.1 Å². The van der Waals surface area contributed by atoms with Crippen LogP contribution in [-0.2, 0) is 6.18 Å². The van der Waals surface area contributed by atoms with E-state index in [1.54, 1.807) is 17.8 Å². The summed E-state index contributed by atoms with van der Waals surface area (Å²) in [5, 5.41) is 0. The maximum absolute atomic E-state index is 13.2. The van der Waals surface area contributed by atoms with E-state index in [1.807, 2.05) is 20.2 Å². The molecule has 0 radical (unpaired) electrons. The Morgan fingerprint density at radius 2 is 1.92 bits per heavy atom. The van der Waals surface area contributed by atoms with Crippen LogP contribution < -0.4 is 4.90 Å². The quantitative estimate of drug-likeness (QED) is 0.677. The van der Waals surface area contributed by atoms with E-state index in [-0.39, 0.29) is 0 Å². The lowest BCUT2D eigenvalue weighted by molar-refractivity contribution is -0.137. The first-order valence-corrected chi connectivity index (χ1v) is 9.46. The van der Waals surface area contributed by atoms with Gasteiger partial charge in [0.1, 0.15) is 0 Å². The minimum absolute atomic E-state index is 0.310. The fourth-order valence-corrected chi connectivity index (χ4v) is 4.43. The summed E-state index contributed by atoms with van der Waals surface area (Å²) in [5.74, 6) is 0.310. The minimum Gasteiger partial charge on any atom is -0.339 e. The summed E-state index contributed by atoms with van der Waals surface area (Å²) in [4.78, 5) is 6.11. The topological polar surface area (TPSA) is 6.48 Å². The standard InChI is InChI=1S/C20H23F3N2S/c1-14(12-24(2)3)13-25-16-7-5-4-6-8-18(16)26-19-10-9-15(11-17(19)25)20(21,22)23/h5-11,14H,4,12-13H2,1-3H3. The highest BCUT2D eigenvalue weighted by molar-refractivity contribution is 8.03. The molecule has 1 aliphatic heterocycles. The Hall–Kier alpha value is -1.66. The summed E-state index contributed by atoms with van der Waals surface area (Å²) < 4.78 is 39.7. The van der Waals surface area contributed by atoms with Gasteiger partial charge in [0.2, 0.25) is 0 Å². The lowest BCUT2D eigenvalue weighted by Gasteiger charge is -2.36. The van der Waals surface area contributed by atoms with Gasteiger partial charge in [0.25, 0.3) is 0 Å². The second-order valence-electron chi connectivity index (χ2n) is 7.05. The van der Waals surface area contributed by atoms with Crippen LogP contribution in [-0.4, -0.2) is 32.1 Å². The zero-order chi connectivity index (χ0) is 18.9. The first-order valence-electron chi connectivity index (χ1n) is 8.64. The van der Waals surface area contributed by atoms with Gasteiger partial charge in [0.15, 0.2) is 0 Å². The number of allylic oxidation sites excluding steroid dienone is 4. The van der Waals surface area contributed by atoms with Gasteiger partial charge >= 0.3 is 6.18 Å². The van der Waals surface area contributed by atoms with Gasteiger partial charge in [-0.3, -0.25) is 0 Å². The normalized spacial score (nSPS) is 18.0. The zero-order valence-electron chi connectivity index (χ0n) is 15.2. The fourth-order valence-electron chi connectivity index (χ4n) is 3.34. The summed E-state index contributed by atoms with van der Waals surface area (Å²) in [5.41, 5.74) is 1.04. The van der Waals surface area contributed by atoms with E-state index in [4.69, 9.17) is 0 Å². The molecule has 1 aliphatic carbocycles. The Balaban J connectivity index is 2.04. The van der Waals surface area contributed by atoms with Crippen molar-refractivity contribution in [3.8, 4) is 0 Å². The van der Waals surface area contributed by atoms with Gasteiger partial charge in [-0.15, -0.1) is 0 Å². The number of fused-ring (bicyclic) bond motifs is 1. The van der Waals surface area contributed by atoms with Crippen LogP contribution in [0.4, 0.5) is 18.9 Å². The molecule has 1 atom stereocenters. The van der Waals surface area contributed by atoms with Crippen LogP contribution in [0.25, 0.3) is 0 Å². The van der Waals surface area contributed by atoms with Crippen molar-refractivity contribution < 1.29 is 13.2 Å². The van der Waals surface area contributed by atoms with Gasteiger partial charge in [-0.05, 0) is 56.8 Å². The molecular formula is C20H23F3N2S. The first kappa shape index (κ1) is 19.1. The molecule has 0 bridgehead atoms. The van der Waals surface area contributed by atoms with Crippen molar-refractivity contribution in [3.63, 3.8) is 0 Å². The van der Waals surface area contributed by atoms with Crippen molar-refractivity contribution in [2.24, 2.45) is 5.92 Å². The third kappa shape index (κ3) is 4.18. The van der Waals surface area contributed by atoms with Gasteiger partial charge in [0, 0.05) is 22.9 Å². The molecule has 0 N–H and O–H groups in total. The number of halogens is 3. The molecule has 1 aromatic rings. The molecule has 0 aromatic heterocycles. The molecule has 0 spiro atoms. The molecule has 0 saturated heterocycles. The molecule has 2 nitrogen and oxygen atoms in total. The molecule has 140 valence electrons. The van der Waals surface area contributed by atoms with Crippen molar-refractivity contribution in [1.82, 2.24) is 4.90 Å². The third-order valence-corrected chi connectivity index (χ3v) is 5.46. The minimum atomic E-state index is -4.34. The molecular weight excluding hydrogens is 357 g/mol. The molecule has 26 heavy (non-hydrogen) atoms. The van der Waals surface area contributed by atoms with E-state index < -0.39 is 11.7 Å². The monoisotopic (exact) mass is 380 g/mol. The number of nitrogens with zero attached hydrogens (tertiary/aromatic N) is 2. The lowest BCUT2D eigenvalue weighted by atomic mass is 10.1. The Labute approximate surface area is 157 Å². The Kier molecular flexibility index (Phi) is 5.53. The SMILES string of the molecule is CC(CN(C)C)CN1C2=C(C=CCC=C2)Sc2ccc(C(F)(F)F)cc21. The predicted molar refractivity (Wildman–Crippen MR) is 102 cm³/mol. The maximum Gasteiger partial charge on any atom is 0.416 e. The summed E-state index contributed by atoms with van der Waals surface area (Å²) in [6.45, 7) is 3.68. The summed E-state index contributed by atoms with van der Waals surface area (Å²) in [7, 11) is 4.02. The molecule has 1 unspecified atom stereocenters. The Bertz CT molecular complexity index is 763. The smallest absolute Gasteiger partial charge is 0.339 e. The highest BCUT2D eigenvalue weighted by Crippen LogP contribution is 2.47. The number of hydrogen-bond donors (Lipinski definition) is 0. The van der Waals surface area contributed by atoms with E-state index in [2.05, 4.69) is 35.0 Å². The van der Waals surface area contributed by atoms with Gasteiger partial charge in [-0.2, -0.15) is 13.2 Å². The van der Waals surface area contributed by atoms with Crippen molar-refractivity contribution >= 4 is 17.4 Å². The molecule has 0 saturated carbocycles. The van der Waals surface area contributed by atoms with E-state index in [9.17, 15) is 13.2 Å². The van der Waals surface area contributed by atoms with Gasteiger partial charge in [-0.25, -0.2) is 0 Å². The van der Waals surface area contributed by atoms with Gasteiger partial charge < -0.3 is 9.80 Å². The fraction of sp³-hybridized carbons (Fsp3) is 0.400. The molecule has 6 heteroatoms. The van der Waals surface area contributed by atoms with E-state index >= 15 is 0 Å². The van der Waals surface area contributed by atoms with E-state index in [0.717, 1.165) is 28.5 Å². The lowest BCUT2D eigenvalue weighted by Crippen LogP contribution is -2.34. The average molecular weight is 380 g/mol. The number of thioether (sulfide) groups is 1. The average Bonchev–Trinajstić information content (AvgIpc) is 2.78. The Morgan fingerprint density at radius 1 is 1.19 bits per heavy atom. The number of rotatable bonds is 4. The third-order valence-electron chi connectivity index (χ3n) is 4.33. The predicted octanol–water partition coefficient (Wildman–Crippen LogP) is 5.54. The van der Waals surface area contributed by atoms with E-state index in [0.29, 0.717) is 18.2 Å². The molecule has 2 aliphatic rings. The summed E-state index contributed by atoms with van der Waals surface area (Å²) in [6.07, 6.45) is 4.75. The summed E-state index contributed by atoms with van der Waals surface area (Å²) >= 11 is 1.54. The van der Waals surface area contributed by atoms with E-state index in [1.165, 1.54) is 12.1 Å². The second kappa shape index (κ2) is 7.53. The number of benzene rings is 1. The second-order valence-corrected chi connectivity index (χ2v) is 8.13. The van der Waals surface area contributed by atoms with Crippen molar-refractivity contribution in [3.05, 3.63) is 58.7 Å². The molecule has 1 aromatic carbocycles. The van der Waals surface area contributed by atoms with Crippen LogP contribution >= 0.6 is 11.8 Å². The van der Waals surface area contributed by atoms with Crippen LogP contribution in [0.5, 0.6) is 0 Å². The van der Waals surface area contributed by atoms with Crippen LogP contribution in [0.3, 0.4) is 0 Å². The van der Waals surface area contributed by atoms with Gasteiger partial charge in [-0.1, -0.05) is 30.8 Å². The maximum atomic E-state index is 13.2. The highest BCUT2D eigenvalue weighted by atomic mass is 32.2. The largest absolute Gasteiger partial charge is 0.416 e. The molecule has 1 heterocycles.